The Morgan fingerprint density at radius 1 is 0.944 bits per heavy atom. The first-order chi connectivity index (χ1) is 8.57. The molecule has 1 aliphatic heterocycles. The standard InChI is InChI=1S/C11H8F4N2O/c12-7-6(5-16)8(13)10(15)11(9(7)14)17-1-3-18-4-2-17/h1-4H2. The summed E-state index contributed by atoms with van der Waals surface area (Å²) in [6.07, 6.45) is 0. The lowest BCUT2D eigenvalue weighted by atomic mass is 10.1. The van der Waals surface area contributed by atoms with Gasteiger partial charge in [0.15, 0.2) is 23.3 Å². The molecule has 1 aliphatic rings. The number of morpholine rings is 1. The Kier molecular flexibility index (Phi) is 3.39. The normalized spacial score (nSPS) is 15.6. The van der Waals surface area contributed by atoms with Crippen LogP contribution in [0.5, 0.6) is 0 Å². The number of ether oxygens (including phenoxy) is 1. The zero-order chi connectivity index (χ0) is 13.3. The number of nitriles is 1. The minimum absolute atomic E-state index is 0.124. The van der Waals surface area contributed by atoms with E-state index in [1.54, 1.807) is 0 Å². The first kappa shape index (κ1) is 12.6. The summed E-state index contributed by atoms with van der Waals surface area (Å²) >= 11 is 0. The highest BCUT2D eigenvalue weighted by atomic mass is 19.2. The molecule has 0 unspecified atom stereocenters. The Balaban J connectivity index is 2.57. The van der Waals surface area contributed by atoms with Crippen LogP contribution >= 0.6 is 0 Å². The number of anilines is 1. The summed E-state index contributed by atoms with van der Waals surface area (Å²) in [5.74, 6) is -6.43. The lowest BCUT2D eigenvalue weighted by Gasteiger charge is -2.29. The maximum atomic E-state index is 13.7. The SMILES string of the molecule is N#Cc1c(F)c(F)c(N2CCOCC2)c(F)c1F. The van der Waals surface area contributed by atoms with E-state index in [-0.39, 0.29) is 26.3 Å². The third-order valence-corrected chi connectivity index (χ3v) is 2.68. The monoisotopic (exact) mass is 260 g/mol. The van der Waals surface area contributed by atoms with Gasteiger partial charge in [-0.15, -0.1) is 0 Å². The Morgan fingerprint density at radius 2 is 1.44 bits per heavy atom. The first-order valence-corrected chi connectivity index (χ1v) is 5.16. The molecule has 0 saturated carbocycles. The number of hydrogen-bond acceptors (Lipinski definition) is 3. The van der Waals surface area contributed by atoms with Gasteiger partial charge in [0.1, 0.15) is 17.3 Å². The average Bonchev–Trinajstić information content (AvgIpc) is 2.39. The molecule has 96 valence electrons. The van der Waals surface area contributed by atoms with Crippen LogP contribution in [0.3, 0.4) is 0 Å². The topological polar surface area (TPSA) is 36.3 Å². The van der Waals surface area contributed by atoms with E-state index in [1.165, 1.54) is 0 Å². The third kappa shape index (κ3) is 1.88. The molecule has 2 rings (SSSR count). The van der Waals surface area contributed by atoms with Crippen LogP contribution in [-0.4, -0.2) is 26.3 Å². The lowest BCUT2D eigenvalue weighted by molar-refractivity contribution is 0.122. The van der Waals surface area contributed by atoms with Crippen molar-refractivity contribution in [1.29, 1.82) is 5.26 Å². The molecule has 1 aromatic carbocycles. The predicted molar refractivity (Wildman–Crippen MR) is 54.0 cm³/mol. The van der Waals surface area contributed by atoms with Crippen molar-refractivity contribution >= 4 is 5.69 Å². The molecule has 3 nitrogen and oxygen atoms in total. The fourth-order valence-corrected chi connectivity index (χ4v) is 1.78. The summed E-state index contributed by atoms with van der Waals surface area (Å²) in [6, 6.07) is 1.10. The van der Waals surface area contributed by atoms with E-state index in [0.29, 0.717) is 0 Å². The van der Waals surface area contributed by atoms with Crippen LogP contribution < -0.4 is 4.90 Å². The fraction of sp³-hybridized carbons (Fsp3) is 0.364. The van der Waals surface area contributed by atoms with Crippen molar-refractivity contribution in [3.8, 4) is 6.07 Å². The zero-order valence-corrected chi connectivity index (χ0v) is 9.14. The molecule has 0 atom stereocenters. The van der Waals surface area contributed by atoms with E-state index in [0.717, 1.165) is 11.0 Å². The smallest absolute Gasteiger partial charge is 0.186 e. The molecule has 0 amide bonds. The van der Waals surface area contributed by atoms with Gasteiger partial charge in [0, 0.05) is 13.1 Å². The summed E-state index contributed by atoms with van der Waals surface area (Å²) in [5.41, 5.74) is -2.03. The van der Waals surface area contributed by atoms with Gasteiger partial charge in [-0.3, -0.25) is 0 Å². The number of halogens is 4. The van der Waals surface area contributed by atoms with Crippen LogP contribution in [0, 0.1) is 34.6 Å². The van der Waals surface area contributed by atoms with Crippen LogP contribution in [-0.2, 0) is 4.74 Å². The van der Waals surface area contributed by atoms with Crippen molar-refractivity contribution in [2.75, 3.05) is 31.2 Å². The largest absolute Gasteiger partial charge is 0.378 e. The molecule has 7 heteroatoms. The number of nitrogens with zero attached hydrogens (tertiary/aromatic N) is 2. The Hall–Kier alpha value is -1.81. The molecule has 1 aromatic rings. The first-order valence-electron chi connectivity index (χ1n) is 5.16. The van der Waals surface area contributed by atoms with Gasteiger partial charge in [-0.25, -0.2) is 17.6 Å². The molecule has 1 fully saturated rings. The second-order valence-corrected chi connectivity index (χ2v) is 3.69. The van der Waals surface area contributed by atoms with Gasteiger partial charge < -0.3 is 9.64 Å². The van der Waals surface area contributed by atoms with Gasteiger partial charge in [0.25, 0.3) is 0 Å². The maximum Gasteiger partial charge on any atom is 0.186 e. The van der Waals surface area contributed by atoms with E-state index in [9.17, 15) is 17.6 Å². The highest BCUT2D eigenvalue weighted by Gasteiger charge is 2.29. The maximum absolute atomic E-state index is 13.7. The van der Waals surface area contributed by atoms with Gasteiger partial charge >= 0.3 is 0 Å². The van der Waals surface area contributed by atoms with Crippen LogP contribution in [0.4, 0.5) is 23.2 Å². The molecule has 0 N–H and O–H groups in total. The van der Waals surface area contributed by atoms with Crippen LogP contribution in [0.1, 0.15) is 5.56 Å². The summed E-state index contributed by atoms with van der Waals surface area (Å²) < 4.78 is 59.1. The molecular formula is C11H8F4N2O. The van der Waals surface area contributed by atoms with E-state index in [1.807, 2.05) is 0 Å². The lowest BCUT2D eigenvalue weighted by Crippen LogP contribution is -2.37. The van der Waals surface area contributed by atoms with Crippen molar-refractivity contribution in [3.05, 3.63) is 28.8 Å². The molecule has 1 heterocycles. The van der Waals surface area contributed by atoms with Crippen molar-refractivity contribution in [3.63, 3.8) is 0 Å². The highest BCUT2D eigenvalue weighted by Crippen LogP contribution is 2.31. The molecule has 0 bridgehead atoms. The van der Waals surface area contributed by atoms with Crippen LogP contribution in [0.25, 0.3) is 0 Å². The van der Waals surface area contributed by atoms with Crippen molar-refractivity contribution < 1.29 is 22.3 Å². The minimum atomic E-state index is -1.67. The summed E-state index contributed by atoms with van der Waals surface area (Å²) in [4.78, 5) is 1.15. The van der Waals surface area contributed by atoms with Crippen molar-refractivity contribution in [2.24, 2.45) is 0 Å². The Bertz CT molecular complexity index is 492. The van der Waals surface area contributed by atoms with Gasteiger partial charge in [0.05, 0.1) is 13.2 Å². The molecular weight excluding hydrogens is 252 g/mol. The number of benzene rings is 1. The molecule has 0 aromatic heterocycles. The van der Waals surface area contributed by atoms with E-state index >= 15 is 0 Å². The quantitative estimate of drug-likeness (QED) is 0.572. The third-order valence-electron chi connectivity index (χ3n) is 2.68. The number of rotatable bonds is 1. The van der Waals surface area contributed by atoms with E-state index < -0.39 is 34.5 Å². The zero-order valence-electron chi connectivity index (χ0n) is 9.14. The molecule has 1 saturated heterocycles. The van der Waals surface area contributed by atoms with Crippen LogP contribution in [0.15, 0.2) is 0 Å². The van der Waals surface area contributed by atoms with Crippen molar-refractivity contribution in [2.45, 2.75) is 0 Å². The van der Waals surface area contributed by atoms with Crippen LogP contribution in [0.2, 0.25) is 0 Å². The van der Waals surface area contributed by atoms with Crippen molar-refractivity contribution in [1.82, 2.24) is 0 Å². The predicted octanol–water partition coefficient (Wildman–Crippen LogP) is 1.95. The van der Waals surface area contributed by atoms with Gasteiger partial charge in [-0.1, -0.05) is 0 Å². The second-order valence-electron chi connectivity index (χ2n) is 3.69. The number of hydrogen-bond donors (Lipinski definition) is 0. The molecule has 0 aliphatic carbocycles. The average molecular weight is 260 g/mol. The van der Waals surface area contributed by atoms with Gasteiger partial charge in [-0.05, 0) is 0 Å². The van der Waals surface area contributed by atoms with Gasteiger partial charge in [0.2, 0.25) is 0 Å². The Labute approximate surface area is 100 Å². The summed E-state index contributed by atoms with van der Waals surface area (Å²) in [6.45, 7) is 0.668. The minimum Gasteiger partial charge on any atom is -0.378 e. The summed E-state index contributed by atoms with van der Waals surface area (Å²) in [5, 5.41) is 8.45. The molecule has 0 radical (unpaired) electrons. The van der Waals surface area contributed by atoms with E-state index in [2.05, 4.69) is 0 Å². The molecule has 0 spiro atoms. The fourth-order valence-electron chi connectivity index (χ4n) is 1.78. The summed E-state index contributed by atoms with van der Waals surface area (Å²) in [7, 11) is 0. The molecule has 18 heavy (non-hydrogen) atoms. The Morgan fingerprint density at radius 3 is 1.89 bits per heavy atom. The van der Waals surface area contributed by atoms with E-state index in [4.69, 9.17) is 10.00 Å². The highest BCUT2D eigenvalue weighted by molar-refractivity contribution is 5.54. The van der Waals surface area contributed by atoms with Gasteiger partial charge in [-0.2, -0.15) is 5.26 Å². The second kappa shape index (κ2) is 4.82.